The summed E-state index contributed by atoms with van der Waals surface area (Å²) in [6.45, 7) is 7.76. The third kappa shape index (κ3) is 4.54. The van der Waals surface area contributed by atoms with E-state index < -0.39 is 0 Å². The third-order valence-corrected chi connectivity index (χ3v) is 4.45. The first-order chi connectivity index (χ1) is 12.1. The predicted molar refractivity (Wildman–Crippen MR) is 97.1 cm³/mol. The van der Waals surface area contributed by atoms with E-state index in [1.54, 1.807) is 13.0 Å². The van der Waals surface area contributed by atoms with Crippen LogP contribution in [-0.2, 0) is 0 Å². The molecule has 1 N–H and O–H groups in total. The zero-order valence-electron chi connectivity index (χ0n) is 14.8. The Morgan fingerprint density at radius 1 is 1.24 bits per heavy atom. The molecule has 1 saturated heterocycles. The molecular weight excluding hydrogens is 316 g/mol. The number of likely N-dealkylation sites (tertiary alicyclic amines) is 1. The molecule has 2 heterocycles. The summed E-state index contributed by atoms with van der Waals surface area (Å²) in [5.41, 5.74) is 2.88. The van der Waals surface area contributed by atoms with Gasteiger partial charge in [-0.3, -0.25) is 9.69 Å². The van der Waals surface area contributed by atoms with E-state index in [4.69, 9.17) is 4.74 Å². The standard InChI is InChI=1S/C19H24N4O2/c1-14-13-16(21-19(24)17-7-8-20-22-15(17)2)5-6-18(14)25-12-11-23-9-3-4-10-23/h5-8,13H,3-4,9-12H2,1-2H3,(H,21,24). The molecule has 0 bridgehead atoms. The minimum absolute atomic E-state index is 0.186. The quantitative estimate of drug-likeness (QED) is 0.876. The maximum atomic E-state index is 12.3. The maximum absolute atomic E-state index is 12.3. The van der Waals surface area contributed by atoms with Gasteiger partial charge in [-0.2, -0.15) is 10.2 Å². The van der Waals surface area contributed by atoms with E-state index in [9.17, 15) is 4.79 Å². The number of carbonyl (C=O) groups is 1. The Morgan fingerprint density at radius 2 is 2.04 bits per heavy atom. The van der Waals surface area contributed by atoms with Crippen LogP contribution >= 0.6 is 0 Å². The van der Waals surface area contributed by atoms with Gasteiger partial charge in [-0.25, -0.2) is 0 Å². The lowest BCUT2D eigenvalue weighted by atomic mass is 10.1. The summed E-state index contributed by atoms with van der Waals surface area (Å²) in [7, 11) is 0. The largest absolute Gasteiger partial charge is 0.492 e. The fourth-order valence-corrected chi connectivity index (χ4v) is 3.02. The van der Waals surface area contributed by atoms with Crippen LogP contribution in [0.3, 0.4) is 0 Å². The van der Waals surface area contributed by atoms with Gasteiger partial charge < -0.3 is 10.1 Å². The average Bonchev–Trinajstić information content (AvgIpc) is 3.10. The number of aromatic nitrogens is 2. The zero-order valence-corrected chi connectivity index (χ0v) is 14.8. The number of ether oxygens (including phenoxy) is 1. The predicted octanol–water partition coefficient (Wildman–Crippen LogP) is 2.82. The molecule has 0 spiro atoms. The lowest BCUT2D eigenvalue weighted by Crippen LogP contribution is -2.25. The van der Waals surface area contributed by atoms with Crippen LogP contribution in [-0.4, -0.2) is 47.2 Å². The molecule has 6 heteroatoms. The highest BCUT2D eigenvalue weighted by Gasteiger charge is 2.12. The van der Waals surface area contributed by atoms with Gasteiger partial charge in [0.2, 0.25) is 0 Å². The van der Waals surface area contributed by atoms with Gasteiger partial charge in [0, 0.05) is 12.2 Å². The topological polar surface area (TPSA) is 67.3 Å². The van der Waals surface area contributed by atoms with Gasteiger partial charge >= 0.3 is 0 Å². The lowest BCUT2D eigenvalue weighted by molar-refractivity contribution is 0.102. The summed E-state index contributed by atoms with van der Waals surface area (Å²) in [6, 6.07) is 7.36. The van der Waals surface area contributed by atoms with E-state index in [-0.39, 0.29) is 5.91 Å². The van der Waals surface area contributed by atoms with Crippen LogP contribution in [0.1, 0.15) is 34.5 Å². The number of amides is 1. The van der Waals surface area contributed by atoms with E-state index >= 15 is 0 Å². The smallest absolute Gasteiger partial charge is 0.257 e. The number of aryl methyl sites for hydroxylation is 2. The first-order valence-electron chi connectivity index (χ1n) is 8.69. The lowest BCUT2D eigenvalue weighted by Gasteiger charge is -2.16. The number of carbonyl (C=O) groups excluding carboxylic acids is 1. The second kappa shape index (κ2) is 8.07. The van der Waals surface area contributed by atoms with Crippen LogP contribution in [0.25, 0.3) is 0 Å². The molecule has 1 fully saturated rings. The third-order valence-electron chi connectivity index (χ3n) is 4.45. The molecule has 1 amide bonds. The Morgan fingerprint density at radius 3 is 2.76 bits per heavy atom. The van der Waals surface area contributed by atoms with Crippen molar-refractivity contribution in [2.75, 3.05) is 31.6 Å². The first-order valence-corrected chi connectivity index (χ1v) is 8.69. The molecule has 2 aromatic rings. The Labute approximate surface area is 148 Å². The Kier molecular flexibility index (Phi) is 5.60. The number of benzene rings is 1. The summed E-state index contributed by atoms with van der Waals surface area (Å²) in [5.74, 6) is 0.674. The number of nitrogens with one attached hydrogen (secondary N) is 1. The molecule has 6 nitrogen and oxygen atoms in total. The van der Waals surface area contributed by atoms with Crippen molar-refractivity contribution in [1.82, 2.24) is 15.1 Å². The molecule has 0 saturated carbocycles. The van der Waals surface area contributed by atoms with Crippen molar-refractivity contribution in [1.29, 1.82) is 0 Å². The number of hydrogen-bond acceptors (Lipinski definition) is 5. The highest BCUT2D eigenvalue weighted by atomic mass is 16.5. The average molecular weight is 340 g/mol. The van der Waals surface area contributed by atoms with E-state index in [1.165, 1.54) is 32.1 Å². The summed E-state index contributed by atoms with van der Waals surface area (Å²) >= 11 is 0. The normalized spacial score (nSPS) is 14.5. The van der Waals surface area contributed by atoms with E-state index in [2.05, 4.69) is 20.4 Å². The SMILES string of the molecule is Cc1cc(NC(=O)c2ccnnc2C)ccc1OCCN1CCCC1. The Hall–Kier alpha value is -2.47. The second-order valence-corrected chi connectivity index (χ2v) is 6.36. The van der Waals surface area contributed by atoms with E-state index in [0.29, 0.717) is 17.9 Å². The van der Waals surface area contributed by atoms with Crippen LogP contribution in [0.5, 0.6) is 5.75 Å². The molecule has 3 rings (SSSR count). The van der Waals surface area contributed by atoms with Crippen molar-refractivity contribution < 1.29 is 9.53 Å². The van der Waals surface area contributed by atoms with Crippen LogP contribution in [0.4, 0.5) is 5.69 Å². The van der Waals surface area contributed by atoms with Crippen molar-refractivity contribution in [3.8, 4) is 5.75 Å². The van der Waals surface area contributed by atoms with Crippen LogP contribution in [0.15, 0.2) is 30.5 Å². The van der Waals surface area contributed by atoms with Gasteiger partial charge in [-0.15, -0.1) is 0 Å². The Balaban J connectivity index is 1.57. The highest BCUT2D eigenvalue weighted by molar-refractivity contribution is 6.04. The first kappa shape index (κ1) is 17.4. The number of hydrogen-bond donors (Lipinski definition) is 1. The van der Waals surface area contributed by atoms with Gasteiger partial charge in [0.1, 0.15) is 12.4 Å². The highest BCUT2D eigenvalue weighted by Crippen LogP contribution is 2.22. The van der Waals surface area contributed by atoms with Crippen molar-refractivity contribution >= 4 is 11.6 Å². The second-order valence-electron chi connectivity index (χ2n) is 6.36. The molecule has 1 aromatic heterocycles. The van der Waals surface area contributed by atoms with Gasteiger partial charge in [-0.05, 0) is 69.6 Å². The molecule has 132 valence electrons. The van der Waals surface area contributed by atoms with Crippen LogP contribution in [0.2, 0.25) is 0 Å². The van der Waals surface area contributed by atoms with Gasteiger partial charge in [0.05, 0.1) is 17.5 Å². The molecule has 0 aliphatic carbocycles. The minimum Gasteiger partial charge on any atom is -0.492 e. The van der Waals surface area contributed by atoms with Crippen molar-refractivity contribution in [3.63, 3.8) is 0 Å². The van der Waals surface area contributed by atoms with E-state index in [1.807, 2.05) is 25.1 Å². The molecular formula is C19H24N4O2. The van der Waals surface area contributed by atoms with Crippen LogP contribution < -0.4 is 10.1 Å². The van der Waals surface area contributed by atoms with Gasteiger partial charge in [0.15, 0.2) is 0 Å². The molecule has 0 atom stereocenters. The van der Waals surface area contributed by atoms with Crippen molar-refractivity contribution in [2.45, 2.75) is 26.7 Å². The molecule has 25 heavy (non-hydrogen) atoms. The molecule has 1 aliphatic rings. The summed E-state index contributed by atoms with van der Waals surface area (Å²) in [4.78, 5) is 14.8. The molecule has 0 unspecified atom stereocenters. The van der Waals surface area contributed by atoms with Crippen LogP contribution in [0, 0.1) is 13.8 Å². The van der Waals surface area contributed by atoms with Crippen molar-refractivity contribution in [3.05, 3.63) is 47.3 Å². The fraction of sp³-hybridized carbons (Fsp3) is 0.421. The zero-order chi connectivity index (χ0) is 17.6. The van der Waals surface area contributed by atoms with Gasteiger partial charge in [-0.1, -0.05) is 0 Å². The molecule has 1 aliphatic heterocycles. The fourth-order valence-electron chi connectivity index (χ4n) is 3.02. The van der Waals surface area contributed by atoms with Gasteiger partial charge in [0.25, 0.3) is 5.91 Å². The Bertz CT molecular complexity index is 742. The monoisotopic (exact) mass is 340 g/mol. The number of anilines is 1. The summed E-state index contributed by atoms with van der Waals surface area (Å²) in [6.07, 6.45) is 4.10. The molecule has 0 radical (unpaired) electrons. The number of nitrogens with zero attached hydrogens (tertiary/aromatic N) is 3. The summed E-state index contributed by atoms with van der Waals surface area (Å²) < 4.78 is 5.89. The maximum Gasteiger partial charge on any atom is 0.257 e. The summed E-state index contributed by atoms with van der Waals surface area (Å²) in [5, 5.41) is 10.6. The molecule has 1 aromatic carbocycles. The van der Waals surface area contributed by atoms with Crippen molar-refractivity contribution in [2.24, 2.45) is 0 Å². The number of rotatable bonds is 6. The van der Waals surface area contributed by atoms with E-state index in [0.717, 1.165) is 23.5 Å². The minimum atomic E-state index is -0.186.